The molecule has 0 aromatic carbocycles. The van der Waals surface area contributed by atoms with Crippen LogP contribution in [-0.4, -0.2) is 30.1 Å². The first-order valence-electron chi connectivity index (χ1n) is 7.53. The number of hydrogen-bond acceptors (Lipinski definition) is 4. The summed E-state index contributed by atoms with van der Waals surface area (Å²) in [4.78, 5) is 28.0. The van der Waals surface area contributed by atoms with E-state index in [4.69, 9.17) is 0 Å². The van der Waals surface area contributed by atoms with Gasteiger partial charge in [0.15, 0.2) is 0 Å². The van der Waals surface area contributed by atoms with Crippen LogP contribution in [0.25, 0.3) is 5.52 Å². The van der Waals surface area contributed by atoms with Crippen molar-refractivity contribution in [3.63, 3.8) is 0 Å². The minimum absolute atomic E-state index is 0.0329. The number of H-pyrrole nitrogens is 1. The SMILES string of the molecule is O=C(NCc1ccc2cncn2c1)C1CCc2n[nH]c(=O)n2C1. The molecule has 3 aromatic heterocycles. The van der Waals surface area contributed by atoms with Crippen LogP contribution in [0.3, 0.4) is 0 Å². The average Bonchev–Trinajstić information content (AvgIpc) is 3.18. The summed E-state index contributed by atoms with van der Waals surface area (Å²) in [6.07, 6.45) is 6.80. The zero-order chi connectivity index (χ0) is 15.8. The van der Waals surface area contributed by atoms with Crippen molar-refractivity contribution in [1.82, 2.24) is 29.5 Å². The number of aromatic nitrogens is 5. The molecule has 8 heteroatoms. The lowest BCUT2D eigenvalue weighted by atomic mass is 9.98. The monoisotopic (exact) mass is 312 g/mol. The second-order valence-corrected chi connectivity index (χ2v) is 5.77. The average molecular weight is 312 g/mol. The van der Waals surface area contributed by atoms with Crippen LogP contribution in [0, 0.1) is 5.92 Å². The molecular formula is C15H16N6O2. The minimum Gasteiger partial charge on any atom is -0.352 e. The third kappa shape index (κ3) is 2.52. The lowest BCUT2D eigenvalue weighted by molar-refractivity contribution is -0.126. The Morgan fingerprint density at radius 3 is 3.26 bits per heavy atom. The fraction of sp³-hybridized carbons (Fsp3) is 0.333. The van der Waals surface area contributed by atoms with Gasteiger partial charge in [0.25, 0.3) is 0 Å². The molecule has 0 bridgehead atoms. The highest BCUT2D eigenvalue weighted by Gasteiger charge is 2.26. The van der Waals surface area contributed by atoms with E-state index in [1.165, 1.54) is 0 Å². The van der Waals surface area contributed by atoms with Gasteiger partial charge in [-0.1, -0.05) is 6.07 Å². The predicted molar refractivity (Wildman–Crippen MR) is 81.7 cm³/mol. The lowest BCUT2D eigenvalue weighted by Gasteiger charge is -2.21. The molecule has 1 atom stereocenters. The van der Waals surface area contributed by atoms with E-state index < -0.39 is 0 Å². The Morgan fingerprint density at radius 1 is 1.43 bits per heavy atom. The van der Waals surface area contributed by atoms with Crippen molar-refractivity contribution in [2.75, 3.05) is 0 Å². The molecule has 4 rings (SSSR count). The van der Waals surface area contributed by atoms with Gasteiger partial charge in [0.05, 0.1) is 24.0 Å². The molecular weight excluding hydrogens is 296 g/mol. The number of aromatic amines is 1. The third-order valence-electron chi connectivity index (χ3n) is 4.26. The van der Waals surface area contributed by atoms with Gasteiger partial charge in [0, 0.05) is 25.7 Å². The molecule has 0 aliphatic carbocycles. The molecule has 1 unspecified atom stereocenters. The molecule has 2 N–H and O–H groups in total. The van der Waals surface area contributed by atoms with Crippen LogP contribution >= 0.6 is 0 Å². The zero-order valence-electron chi connectivity index (χ0n) is 12.4. The summed E-state index contributed by atoms with van der Waals surface area (Å²) < 4.78 is 3.46. The highest BCUT2D eigenvalue weighted by Crippen LogP contribution is 2.17. The van der Waals surface area contributed by atoms with Crippen LogP contribution in [0.2, 0.25) is 0 Å². The Morgan fingerprint density at radius 2 is 2.35 bits per heavy atom. The molecule has 0 radical (unpaired) electrons. The van der Waals surface area contributed by atoms with Crippen LogP contribution < -0.4 is 11.0 Å². The van der Waals surface area contributed by atoms with E-state index in [0.717, 1.165) is 16.9 Å². The van der Waals surface area contributed by atoms with Gasteiger partial charge in [-0.05, 0) is 18.1 Å². The lowest BCUT2D eigenvalue weighted by Crippen LogP contribution is -2.38. The van der Waals surface area contributed by atoms with Crippen LogP contribution in [-0.2, 0) is 24.3 Å². The van der Waals surface area contributed by atoms with E-state index >= 15 is 0 Å². The molecule has 3 aromatic rings. The quantitative estimate of drug-likeness (QED) is 0.716. The van der Waals surface area contributed by atoms with Crippen LogP contribution in [0.15, 0.2) is 35.6 Å². The molecule has 8 nitrogen and oxygen atoms in total. The van der Waals surface area contributed by atoms with E-state index in [0.29, 0.717) is 25.9 Å². The van der Waals surface area contributed by atoms with Crippen molar-refractivity contribution in [2.45, 2.75) is 25.9 Å². The number of fused-ring (bicyclic) bond motifs is 2. The molecule has 118 valence electrons. The normalized spacial score (nSPS) is 17.1. The molecule has 1 aliphatic heterocycles. The third-order valence-corrected chi connectivity index (χ3v) is 4.26. The largest absolute Gasteiger partial charge is 0.352 e. The van der Waals surface area contributed by atoms with Crippen molar-refractivity contribution < 1.29 is 4.79 Å². The summed E-state index contributed by atoms with van der Waals surface area (Å²) >= 11 is 0. The topological polar surface area (TPSA) is 97.1 Å². The number of aryl methyl sites for hydroxylation is 1. The summed E-state index contributed by atoms with van der Waals surface area (Å²) in [6.45, 7) is 0.841. The van der Waals surface area contributed by atoms with Crippen molar-refractivity contribution in [3.05, 3.63) is 52.7 Å². The maximum atomic E-state index is 12.4. The summed E-state index contributed by atoms with van der Waals surface area (Å²) in [6, 6.07) is 3.93. The van der Waals surface area contributed by atoms with E-state index in [9.17, 15) is 9.59 Å². The van der Waals surface area contributed by atoms with Crippen molar-refractivity contribution in [3.8, 4) is 0 Å². The zero-order valence-corrected chi connectivity index (χ0v) is 12.4. The maximum Gasteiger partial charge on any atom is 0.343 e. The molecule has 0 fully saturated rings. The fourth-order valence-corrected chi connectivity index (χ4v) is 2.96. The van der Waals surface area contributed by atoms with Gasteiger partial charge in [-0.2, -0.15) is 5.10 Å². The van der Waals surface area contributed by atoms with Gasteiger partial charge in [0.2, 0.25) is 5.91 Å². The number of carbonyl (C=O) groups is 1. The summed E-state index contributed by atoms with van der Waals surface area (Å²) in [5.41, 5.74) is 1.77. The van der Waals surface area contributed by atoms with Gasteiger partial charge >= 0.3 is 5.69 Å². The summed E-state index contributed by atoms with van der Waals surface area (Å²) in [5.74, 6) is 0.494. The van der Waals surface area contributed by atoms with Crippen LogP contribution in [0.5, 0.6) is 0 Å². The van der Waals surface area contributed by atoms with Gasteiger partial charge in [0.1, 0.15) is 5.82 Å². The number of pyridine rings is 1. The molecule has 1 amide bonds. The highest BCUT2D eigenvalue weighted by atomic mass is 16.2. The fourth-order valence-electron chi connectivity index (χ4n) is 2.96. The highest BCUT2D eigenvalue weighted by molar-refractivity contribution is 5.78. The van der Waals surface area contributed by atoms with E-state index in [2.05, 4.69) is 20.5 Å². The number of imidazole rings is 1. The van der Waals surface area contributed by atoms with E-state index in [1.807, 2.05) is 22.7 Å². The molecule has 23 heavy (non-hydrogen) atoms. The molecule has 0 spiro atoms. The van der Waals surface area contributed by atoms with Gasteiger partial charge < -0.3 is 9.72 Å². The Balaban J connectivity index is 1.42. The molecule has 0 saturated carbocycles. The van der Waals surface area contributed by atoms with E-state index in [1.54, 1.807) is 17.1 Å². The predicted octanol–water partition coefficient (Wildman–Crippen LogP) is 0.0979. The number of nitrogens with one attached hydrogen (secondary N) is 2. The standard InChI is InChI=1S/C15H16N6O2/c22-14(11-2-4-13-18-19-15(23)21(13)8-11)17-5-10-1-3-12-6-16-9-20(12)7-10/h1,3,6-7,9,11H,2,4-5,8H2,(H,17,22)(H,19,23). The second-order valence-electron chi connectivity index (χ2n) is 5.77. The molecule has 0 saturated heterocycles. The number of rotatable bonds is 3. The van der Waals surface area contributed by atoms with Gasteiger partial charge in [-0.15, -0.1) is 0 Å². The van der Waals surface area contributed by atoms with Crippen molar-refractivity contribution in [1.29, 1.82) is 0 Å². The van der Waals surface area contributed by atoms with Crippen LogP contribution in [0.1, 0.15) is 17.8 Å². The van der Waals surface area contributed by atoms with Crippen molar-refractivity contribution >= 4 is 11.4 Å². The molecule has 1 aliphatic rings. The first kappa shape index (κ1) is 13.7. The minimum atomic E-state index is -0.247. The van der Waals surface area contributed by atoms with Crippen LogP contribution in [0.4, 0.5) is 0 Å². The second kappa shape index (κ2) is 5.38. The number of amides is 1. The Hall–Kier alpha value is -2.90. The van der Waals surface area contributed by atoms with Gasteiger partial charge in [-0.3, -0.25) is 9.36 Å². The number of nitrogens with zero attached hydrogens (tertiary/aromatic N) is 4. The first-order valence-corrected chi connectivity index (χ1v) is 7.53. The maximum absolute atomic E-state index is 12.4. The Labute approximate surface area is 131 Å². The van der Waals surface area contributed by atoms with Crippen molar-refractivity contribution in [2.24, 2.45) is 5.92 Å². The summed E-state index contributed by atoms with van der Waals surface area (Å²) in [5, 5.41) is 9.33. The van der Waals surface area contributed by atoms with E-state index in [-0.39, 0.29) is 17.5 Å². The summed E-state index contributed by atoms with van der Waals surface area (Å²) in [7, 11) is 0. The van der Waals surface area contributed by atoms with Gasteiger partial charge in [-0.25, -0.2) is 14.9 Å². The number of hydrogen-bond donors (Lipinski definition) is 2. The Bertz CT molecular complexity index is 921. The molecule has 4 heterocycles. The number of carbonyl (C=O) groups excluding carboxylic acids is 1. The first-order chi connectivity index (χ1) is 11.2. The smallest absolute Gasteiger partial charge is 0.343 e. The Kier molecular flexibility index (Phi) is 3.22.